The van der Waals surface area contributed by atoms with Crippen LogP contribution in [0.1, 0.15) is 18.9 Å². The van der Waals surface area contributed by atoms with Crippen LogP contribution in [0.4, 0.5) is 5.69 Å². The fourth-order valence-corrected chi connectivity index (χ4v) is 1.30. The minimum atomic E-state index is -0.144. The Morgan fingerprint density at radius 3 is 2.59 bits per heavy atom. The Bertz CT molecular complexity index is 462. The van der Waals surface area contributed by atoms with Gasteiger partial charge in [0.25, 0.3) is 0 Å². The van der Waals surface area contributed by atoms with Crippen LogP contribution >= 0.6 is 12.2 Å². The van der Waals surface area contributed by atoms with Gasteiger partial charge >= 0.3 is 0 Å². The average Bonchev–Trinajstić information content (AvgIpc) is 2.29. The number of carbonyl (C=O) groups excluding carboxylic acids is 1. The van der Waals surface area contributed by atoms with Crippen LogP contribution in [0, 0.1) is 17.2 Å². The summed E-state index contributed by atoms with van der Waals surface area (Å²) in [4.78, 5) is 11.9. The third-order valence-corrected chi connectivity index (χ3v) is 2.68. The number of amides is 1. The molecular weight excluding hydrogens is 234 g/mol. The van der Waals surface area contributed by atoms with Gasteiger partial charge in [0.05, 0.1) is 16.6 Å². The van der Waals surface area contributed by atoms with Crippen LogP contribution in [0.25, 0.3) is 0 Å². The zero-order valence-electron chi connectivity index (χ0n) is 9.43. The molecule has 0 heterocycles. The molecule has 0 radical (unpaired) electrons. The molecule has 4 nitrogen and oxygen atoms in total. The predicted molar refractivity (Wildman–Crippen MR) is 70.4 cm³/mol. The number of anilines is 1. The second kappa shape index (κ2) is 5.97. The second-order valence-electron chi connectivity index (χ2n) is 3.74. The summed E-state index contributed by atoms with van der Waals surface area (Å²) in [5.74, 6) is -0.265. The van der Waals surface area contributed by atoms with E-state index in [1.807, 2.05) is 6.07 Å². The van der Waals surface area contributed by atoms with Gasteiger partial charge in [0.1, 0.15) is 0 Å². The lowest BCUT2D eigenvalue weighted by atomic mass is 10.1. The van der Waals surface area contributed by atoms with E-state index < -0.39 is 0 Å². The predicted octanol–water partition coefficient (Wildman–Crippen LogP) is 1.81. The topological polar surface area (TPSA) is 78.9 Å². The molecule has 17 heavy (non-hydrogen) atoms. The highest BCUT2D eigenvalue weighted by Crippen LogP contribution is 2.10. The van der Waals surface area contributed by atoms with E-state index in [1.54, 1.807) is 31.2 Å². The number of rotatable bonds is 4. The van der Waals surface area contributed by atoms with Crippen molar-refractivity contribution in [3.05, 3.63) is 29.8 Å². The molecule has 0 aliphatic carbocycles. The molecule has 5 heteroatoms. The van der Waals surface area contributed by atoms with Gasteiger partial charge < -0.3 is 11.1 Å². The summed E-state index contributed by atoms with van der Waals surface area (Å²) >= 11 is 4.80. The van der Waals surface area contributed by atoms with Crippen LogP contribution in [0.3, 0.4) is 0 Å². The number of thiocarbonyl (C=S) groups is 1. The Kier molecular flexibility index (Phi) is 4.61. The lowest BCUT2D eigenvalue weighted by molar-refractivity contribution is -0.116. The highest BCUT2D eigenvalue weighted by Gasteiger charge is 2.11. The summed E-state index contributed by atoms with van der Waals surface area (Å²) in [6.07, 6.45) is 0.259. The first-order valence-electron chi connectivity index (χ1n) is 5.12. The Morgan fingerprint density at radius 1 is 1.53 bits per heavy atom. The molecule has 1 unspecified atom stereocenters. The van der Waals surface area contributed by atoms with Crippen molar-refractivity contribution in [2.45, 2.75) is 13.3 Å². The number of benzene rings is 1. The van der Waals surface area contributed by atoms with Crippen molar-refractivity contribution in [1.29, 1.82) is 5.26 Å². The molecule has 0 bridgehead atoms. The first-order chi connectivity index (χ1) is 8.02. The van der Waals surface area contributed by atoms with Crippen molar-refractivity contribution < 1.29 is 4.79 Å². The zero-order valence-corrected chi connectivity index (χ0v) is 10.3. The second-order valence-corrected chi connectivity index (χ2v) is 4.22. The standard InChI is InChI=1S/C12H13N3OS/c1-8(12(14)17)6-11(16)15-10-4-2-9(7-13)3-5-10/h2-5,8H,6H2,1H3,(H2,14,17)(H,15,16). The first-order valence-corrected chi connectivity index (χ1v) is 5.53. The van der Waals surface area contributed by atoms with Gasteiger partial charge in [-0.05, 0) is 24.3 Å². The Balaban J connectivity index is 2.56. The molecule has 0 aliphatic heterocycles. The third-order valence-electron chi connectivity index (χ3n) is 2.28. The number of hydrogen-bond donors (Lipinski definition) is 2. The Labute approximate surface area is 105 Å². The van der Waals surface area contributed by atoms with E-state index in [0.717, 1.165) is 0 Å². The van der Waals surface area contributed by atoms with Crippen molar-refractivity contribution >= 4 is 28.8 Å². The maximum atomic E-state index is 11.6. The van der Waals surface area contributed by atoms with E-state index in [4.69, 9.17) is 23.2 Å². The molecule has 0 spiro atoms. The van der Waals surface area contributed by atoms with E-state index in [0.29, 0.717) is 16.2 Å². The van der Waals surface area contributed by atoms with Crippen molar-refractivity contribution in [2.24, 2.45) is 11.7 Å². The molecule has 0 saturated carbocycles. The summed E-state index contributed by atoms with van der Waals surface area (Å²) in [5, 5.41) is 11.3. The molecule has 0 aliphatic rings. The smallest absolute Gasteiger partial charge is 0.225 e. The van der Waals surface area contributed by atoms with Gasteiger partial charge in [-0.15, -0.1) is 0 Å². The maximum absolute atomic E-state index is 11.6. The van der Waals surface area contributed by atoms with E-state index in [1.165, 1.54) is 0 Å². The molecule has 1 aromatic carbocycles. The van der Waals surface area contributed by atoms with E-state index in [9.17, 15) is 4.79 Å². The molecule has 1 rings (SSSR count). The largest absolute Gasteiger partial charge is 0.393 e. The molecular formula is C12H13N3OS. The summed E-state index contributed by atoms with van der Waals surface area (Å²) in [5.41, 5.74) is 6.64. The minimum absolute atomic E-state index is 0.122. The maximum Gasteiger partial charge on any atom is 0.225 e. The van der Waals surface area contributed by atoms with Gasteiger partial charge in [0.2, 0.25) is 5.91 Å². The first kappa shape index (κ1) is 13.1. The van der Waals surface area contributed by atoms with E-state index in [-0.39, 0.29) is 18.2 Å². The van der Waals surface area contributed by atoms with Crippen LogP contribution in [0.15, 0.2) is 24.3 Å². The van der Waals surface area contributed by atoms with Gasteiger partial charge in [-0.25, -0.2) is 0 Å². The highest BCUT2D eigenvalue weighted by atomic mass is 32.1. The van der Waals surface area contributed by atoms with Gasteiger partial charge in [-0.3, -0.25) is 4.79 Å². The highest BCUT2D eigenvalue weighted by molar-refractivity contribution is 7.80. The number of nitrogens with zero attached hydrogens (tertiary/aromatic N) is 1. The summed E-state index contributed by atoms with van der Waals surface area (Å²) in [6.45, 7) is 1.81. The molecule has 0 fully saturated rings. The van der Waals surface area contributed by atoms with Gasteiger partial charge in [0.15, 0.2) is 0 Å². The van der Waals surface area contributed by atoms with Crippen molar-refractivity contribution in [1.82, 2.24) is 0 Å². The monoisotopic (exact) mass is 247 g/mol. The number of nitrogens with two attached hydrogens (primary N) is 1. The van der Waals surface area contributed by atoms with Crippen molar-refractivity contribution in [3.8, 4) is 6.07 Å². The van der Waals surface area contributed by atoms with Crippen LogP contribution in [-0.4, -0.2) is 10.9 Å². The summed E-state index contributed by atoms with van der Waals surface area (Å²) in [7, 11) is 0. The van der Waals surface area contributed by atoms with E-state index >= 15 is 0 Å². The fourth-order valence-electron chi connectivity index (χ4n) is 1.22. The van der Waals surface area contributed by atoms with Gasteiger partial charge in [0, 0.05) is 18.0 Å². The van der Waals surface area contributed by atoms with Crippen LogP contribution in [0.5, 0.6) is 0 Å². The SMILES string of the molecule is CC(CC(=O)Nc1ccc(C#N)cc1)C(N)=S. The molecule has 0 aromatic heterocycles. The quantitative estimate of drug-likeness (QED) is 0.795. The molecule has 1 amide bonds. The zero-order chi connectivity index (χ0) is 12.8. The molecule has 0 saturated heterocycles. The van der Waals surface area contributed by atoms with E-state index in [2.05, 4.69) is 5.32 Å². The number of hydrogen-bond acceptors (Lipinski definition) is 3. The van der Waals surface area contributed by atoms with Crippen LogP contribution in [-0.2, 0) is 4.79 Å². The third kappa shape index (κ3) is 4.21. The number of carbonyl (C=O) groups is 1. The summed E-state index contributed by atoms with van der Waals surface area (Å²) in [6, 6.07) is 8.66. The van der Waals surface area contributed by atoms with Crippen LogP contribution < -0.4 is 11.1 Å². The fraction of sp³-hybridized carbons (Fsp3) is 0.250. The van der Waals surface area contributed by atoms with Gasteiger partial charge in [-0.2, -0.15) is 5.26 Å². The molecule has 1 aromatic rings. The normalized spacial score (nSPS) is 11.3. The van der Waals surface area contributed by atoms with Crippen molar-refractivity contribution in [2.75, 3.05) is 5.32 Å². The van der Waals surface area contributed by atoms with Crippen molar-refractivity contribution in [3.63, 3.8) is 0 Å². The lowest BCUT2D eigenvalue weighted by Crippen LogP contribution is -2.24. The average molecular weight is 247 g/mol. The number of nitriles is 1. The van der Waals surface area contributed by atoms with Crippen LogP contribution in [0.2, 0.25) is 0 Å². The Hall–Kier alpha value is -1.93. The molecule has 1 atom stereocenters. The number of nitrogens with one attached hydrogen (secondary N) is 1. The lowest BCUT2D eigenvalue weighted by Gasteiger charge is -2.09. The minimum Gasteiger partial charge on any atom is -0.393 e. The Morgan fingerprint density at radius 2 is 2.12 bits per heavy atom. The van der Waals surface area contributed by atoms with Gasteiger partial charge in [-0.1, -0.05) is 19.1 Å². The summed E-state index contributed by atoms with van der Waals surface area (Å²) < 4.78 is 0. The molecule has 88 valence electrons. The molecule has 3 N–H and O–H groups in total.